The summed E-state index contributed by atoms with van der Waals surface area (Å²) in [6.45, 7) is 0. The third-order valence-corrected chi connectivity index (χ3v) is 5.34. The number of hydrogen-bond acceptors (Lipinski definition) is 4. The van der Waals surface area contributed by atoms with Gasteiger partial charge in [-0.15, -0.1) is 0 Å². The highest BCUT2D eigenvalue weighted by Gasteiger charge is 2.24. The van der Waals surface area contributed by atoms with E-state index in [0.717, 1.165) is 26.9 Å². The van der Waals surface area contributed by atoms with E-state index in [9.17, 15) is 4.79 Å². The van der Waals surface area contributed by atoms with Gasteiger partial charge in [0, 0.05) is 15.5 Å². The van der Waals surface area contributed by atoms with Crippen LogP contribution >= 0.6 is 11.8 Å². The number of anilines is 3. The van der Waals surface area contributed by atoms with E-state index in [4.69, 9.17) is 10.4 Å². The van der Waals surface area contributed by atoms with Crippen LogP contribution in [-0.4, -0.2) is 11.1 Å². The normalized spacial score (nSPS) is 12.7. The smallest absolute Gasteiger partial charge is 0.346 e. The molecule has 0 aliphatic carbocycles. The van der Waals surface area contributed by atoms with Crippen molar-refractivity contribution in [2.75, 3.05) is 4.90 Å². The van der Waals surface area contributed by atoms with Crippen molar-refractivity contribution in [3.8, 4) is 6.07 Å². The topological polar surface area (TPSA) is 64.3 Å². The number of nitriles is 1. The van der Waals surface area contributed by atoms with Crippen LogP contribution < -0.4 is 4.90 Å². The van der Waals surface area contributed by atoms with Crippen molar-refractivity contribution in [2.45, 2.75) is 9.79 Å². The maximum absolute atomic E-state index is 11.1. The zero-order valence-electron chi connectivity index (χ0n) is 14.2. The Morgan fingerprint density at radius 3 is 2.41 bits per heavy atom. The van der Waals surface area contributed by atoms with Crippen LogP contribution in [0, 0.1) is 11.3 Å². The summed E-state index contributed by atoms with van der Waals surface area (Å²) in [5.41, 5.74) is 3.59. The van der Waals surface area contributed by atoms with Gasteiger partial charge in [-0.3, -0.25) is 0 Å². The summed E-state index contributed by atoms with van der Waals surface area (Å²) in [5, 5.41) is 18.1. The lowest BCUT2D eigenvalue weighted by atomic mass is 10.1. The van der Waals surface area contributed by atoms with Crippen molar-refractivity contribution in [1.82, 2.24) is 0 Å². The van der Waals surface area contributed by atoms with E-state index in [1.807, 2.05) is 48.5 Å². The minimum absolute atomic E-state index is 0.281. The van der Waals surface area contributed by atoms with E-state index in [0.29, 0.717) is 5.56 Å². The number of carbonyl (C=O) groups is 1. The van der Waals surface area contributed by atoms with Crippen molar-refractivity contribution in [2.24, 2.45) is 0 Å². The molecule has 0 radical (unpaired) electrons. The Morgan fingerprint density at radius 1 is 0.963 bits per heavy atom. The summed E-state index contributed by atoms with van der Waals surface area (Å²) in [5.74, 6) is -1.22. The second kappa shape index (κ2) is 7.02. The van der Waals surface area contributed by atoms with Crippen LogP contribution in [0.1, 0.15) is 5.56 Å². The Labute approximate surface area is 161 Å². The minimum Gasteiger partial charge on any atom is -0.477 e. The molecule has 0 fully saturated rings. The van der Waals surface area contributed by atoms with E-state index in [1.165, 1.54) is 6.08 Å². The molecule has 3 aromatic rings. The molecule has 0 bridgehead atoms. The molecule has 130 valence electrons. The monoisotopic (exact) mass is 370 g/mol. The average molecular weight is 370 g/mol. The lowest BCUT2D eigenvalue weighted by Gasteiger charge is -2.33. The molecule has 4 rings (SSSR count). The van der Waals surface area contributed by atoms with E-state index in [1.54, 1.807) is 17.8 Å². The van der Waals surface area contributed by atoms with E-state index >= 15 is 0 Å². The highest BCUT2D eigenvalue weighted by Crippen LogP contribution is 2.51. The molecule has 0 spiro atoms. The van der Waals surface area contributed by atoms with Crippen molar-refractivity contribution < 1.29 is 9.90 Å². The predicted octanol–water partition coefficient (Wildman–Crippen LogP) is 5.61. The highest BCUT2D eigenvalue weighted by molar-refractivity contribution is 7.99. The van der Waals surface area contributed by atoms with Gasteiger partial charge in [0.2, 0.25) is 0 Å². The molecule has 0 saturated carbocycles. The number of aliphatic carboxylic acids is 1. The van der Waals surface area contributed by atoms with Crippen LogP contribution in [0.5, 0.6) is 0 Å². The molecule has 0 saturated heterocycles. The molecule has 5 heteroatoms. The first-order valence-electron chi connectivity index (χ1n) is 8.28. The summed E-state index contributed by atoms with van der Waals surface area (Å²) in [6.07, 6.45) is 1.40. The fraction of sp³-hybridized carbons (Fsp3) is 0. The maximum atomic E-state index is 11.1. The predicted molar refractivity (Wildman–Crippen MR) is 106 cm³/mol. The molecule has 0 atom stereocenters. The van der Waals surface area contributed by atoms with Gasteiger partial charge in [-0.2, -0.15) is 5.26 Å². The Balaban J connectivity index is 1.86. The fourth-order valence-electron chi connectivity index (χ4n) is 3.03. The lowest BCUT2D eigenvalue weighted by molar-refractivity contribution is -0.132. The number of fused-ring (bicyclic) bond motifs is 2. The third-order valence-electron chi connectivity index (χ3n) is 4.23. The quantitative estimate of drug-likeness (QED) is 0.375. The Morgan fingerprint density at radius 2 is 1.67 bits per heavy atom. The second-order valence-corrected chi connectivity index (χ2v) is 7.03. The SMILES string of the molecule is N#C/C(=C/c1ccc2c(c1)Sc1ccccc1N2c1ccccc1)C(=O)O. The number of hydrogen-bond donors (Lipinski definition) is 1. The van der Waals surface area contributed by atoms with E-state index in [2.05, 4.69) is 29.2 Å². The molecular formula is C22H14N2O2S. The van der Waals surface area contributed by atoms with Gasteiger partial charge in [-0.25, -0.2) is 4.79 Å². The van der Waals surface area contributed by atoms with Gasteiger partial charge in [-0.05, 0) is 48.0 Å². The fourth-order valence-corrected chi connectivity index (χ4v) is 4.13. The lowest BCUT2D eigenvalue weighted by Crippen LogP contribution is -2.14. The van der Waals surface area contributed by atoms with Gasteiger partial charge in [0.25, 0.3) is 0 Å². The van der Waals surface area contributed by atoms with Gasteiger partial charge in [0.15, 0.2) is 0 Å². The van der Waals surface area contributed by atoms with Gasteiger partial charge in [0.05, 0.1) is 11.4 Å². The maximum Gasteiger partial charge on any atom is 0.346 e. The number of carboxylic acids is 1. The number of rotatable bonds is 3. The first-order valence-corrected chi connectivity index (χ1v) is 9.10. The van der Waals surface area contributed by atoms with E-state index in [-0.39, 0.29) is 5.57 Å². The van der Waals surface area contributed by atoms with E-state index < -0.39 is 5.97 Å². The molecular weight excluding hydrogens is 356 g/mol. The van der Waals surface area contributed by atoms with Crippen LogP contribution in [-0.2, 0) is 4.79 Å². The molecule has 4 nitrogen and oxygen atoms in total. The first kappa shape index (κ1) is 17.0. The molecule has 0 aromatic heterocycles. The third kappa shape index (κ3) is 3.19. The van der Waals surface area contributed by atoms with Crippen molar-refractivity contribution in [3.05, 3.63) is 83.9 Å². The number of carboxylic acid groups (broad SMARTS) is 1. The summed E-state index contributed by atoms with van der Waals surface area (Å²) < 4.78 is 0. The number of nitrogens with zero attached hydrogens (tertiary/aromatic N) is 2. The first-order chi connectivity index (χ1) is 13.2. The molecule has 3 aromatic carbocycles. The van der Waals surface area contributed by atoms with Crippen LogP contribution in [0.4, 0.5) is 17.1 Å². The van der Waals surface area contributed by atoms with Crippen LogP contribution in [0.3, 0.4) is 0 Å². The van der Waals surface area contributed by atoms with Crippen molar-refractivity contribution in [1.29, 1.82) is 5.26 Å². The summed E-state index contributed by atoms with van der Waals surface area (Å²) in [4.78, 5) is 15.4. The standard InChI is InChI=1S/C22H14N2O2S/c23-14-16(22(25)26)12-15-10-11-19-21(13-15)27-20-9-5-4-8-18(20)24(19)17-6-2-1-3-7-17/h1-13H,(H,25,26)/b16-12-. The van der Waals surface area contributed by atoms with Crippen LogP contribution in [0.2, 0.25) is 0 Å². The molecule has 1 aliphatic heterocycles. The van der Waals surface area contributed by atoms with Crippen molar-refractivity contribution >= 4 is 40.9 Å². The zero-order chi connectivity index (χ0) is 18.8. The summed E-state index contributed by atoms with van der Waals surface area (Å²) in [6, 6.07) is 25.7. The Bertz CT molecular complexity index is 1100. The average Bonchev–Trinajstić information content (AvgIpc) is 2.70. The summed E-state index contributed by atoms with van der Waals surface area (Å²) in [7, 11) is 0. The van der Waals surface area contributed by atoms with Crippen LogP contribution in [0.25, 0.3) is 6.08 Å². The molecule has 0 amide bonds. The van der Waals surface area contributed by atoms with Gasteiger partial charge in [0.1, 0.15) is 11.6 Å². The van der Waals surface area contributed by atoms with Gasteiger partial charge >= 0.3 is 5.97 Å². The Kier molecular flexibility index (Phi) is 4.41. The minimum atomic E-state index is -1.22. The van der Waals surface area contributed by atoms with Crippen molar-refractivity contribution in [3.63, 3.8) is 0 Å². The highest BCUT2D eigenvalue weighted by atomic mass is 32.2. The molecule has 1 heterocycles. The number of para-hydroxylation sites is 2. The second-order valence-electron chi connectivity index (χ2n) is 5.94. The van der Waals surface area contributed by atoms with Crippen LogP contribution in [0.15, 0.2) is 88.2 Å². The largest absolute Gasteiger partial charge is 0.477 e. The summed E-state index contributed by atoms with van der Waals surface area (Å²) >= 11 is 1.64. The number of benzene rings is 3. The van der Waals surface area contributed by atoms with Gasteiger partial charge in [-0.1, -0.05) is 48.2 Å². The molecule has 27 heavy (non-hydrogen) atoms. The van der Waals surface area contributed by atoms with Gasteiger partial charge < -0.3 is 10.0 Å². The zero-order valence-corrected chi connectivity index (χ0v) is 15.0. The molecule has 0 unspecified atom stereocenters. The molecule has 1 aliphatic rings. The molecule has 1 N–H and O–H groups in total. The Hall–Kier alpha value is -3.49.